The summed E-state index contributed by atoms with van der Waals surface area (Å²) in [6.45, 7) is 0. The first-order valence-electron chi connectivity index (χ1n) is 2.52. The molecule has 0 fully saturated rings. The number of hydrogen-bond donors (Lipinski definition) is 0. The second-order valence-corrected chi connectivity index (χ2v) is 2.80. The van der Waals surface area contributed by atoms with E-state index in [-0.39, 0.29) is 5.69 Å². The smallest absolute Gasteiger partial charge is 0.258 e. The van der Waals surface area contributed by atoms with Gasteiger partial charge in [0.1, 0.15) is 0 Å². The van der Waals surface area contributed by atoms with Crippen molar-refractivity contribution < 1.29 is 4.92 Å². The van der Waals surface area contributed by atoms with Crippen LogP contribution in [0, 0.1) is 19.8 Å². The van der Waals surface area contributed by atoms with Crippen LogP contribution in [-0.4, -0.2) is 4.92 Å². The summed E-state index contributed by atoms with van der Waals surface area (Å²) in [5.74, 6) is 0. The minimum Gasteiger partial charge on any atom is -0.258 e. The van der Waals surface area contributed by atoms with Crippen LogP contribution in [0.15, 0.2) is 18.2 Å². The minimum absolute atomic E-state index is 0.138. The Balaban J connectivity index is 3.15. The van der Waals surface area contributed by atoms with Crippen LogP contribution < -0.4 is 0 Å². The molecule has 1 radical (unpaired) electrons. The van der Waals surface area contributed by atoms with Gasteiger partial charge in [0.2, 0.25) is 0 Å². The first-order chi connectivity index (χ1) is 4.72. The third-order valence-corrected chi connectivity index (χ3v) is 1.85. The Labute approximate surface area is 71.3 Å². The molecule has 0 aliphatic carbocycles. The monoisotopic (exact) mass is 248 g/mol. The van der Waals surface area contributed by atoms with Gasteiger partial charge in [-0.15, -0.1) is 0 Å². The highest BCUT2D eigenvalue weighted by Gasteiger charge is 2.07. The van der Waals surface area contributed by atoms with Gasteiger partial charge in [-0.25, -0.2) is 0 Å². The zero-order valence-corrected chi connectivity index (χ0v) is 7.03. The Morgan fingerprint density at radius 3 is 2.80 bits per heavy atom. The average Bonchev–Trinajstić information content (AvgIpc) is 1.88. The number of halogens is 1. The lowest BCUT2D eigenvalue weighted by molar-refractivity contribution is -0.385. The van der Waals surface area contributed by atoms with Gasteiger partial charge in [-0.3, -0.25) is 10.1 Å². The SMILES string of the molecule is O=[N+]([O-])c1cc[c]cc1I. The molecular formula is C6H3INO2. The van der Waals surface area contributed by atoms with E-state index in [0.29, 0.717) is 3.57 Å². The van der Waals surface area contributed by atoms with Gasteiger partial charge >= 0.3 is 0 Å². The van der Waals surface area contributed by atoms with Crippen molar-refractivity contribution in [2.75, 3.05) is 0 Å². The number of rotatable bonds is 1. The predicted octanol–water partition coefficient (Wildman–Crippen LogP) is 2.00. The number of benzene rings is 1. The molecule has 0 bridgehead atoms. The molecule has 0 aliphatic rings. The normalized spacial score (nSPS) is 9.30. The maximum absolute atomic E-state index is 10.2. The number of nitrogens with zero attached hydrogens (tertiary/aromatic N) is 1. The van der Waals surface area contributed by atoms with E-state index in [1.54, 1.807) is 6.07 Å². The van der Waals surface area contributed by atoms with E-state index >= 15 is 0 Å². The van der Waals surface area contributed by atoms with Gasteiger partial charge in [-0.1, -0.05) is 0 Å². The van der Waals surface area contributed by atoms with E-state index in [0.717, 1.165) is 0 Å². The summed E-state index contributed by atoms with van der Waals surface area (Å²) in [7, 11) is 0. The van der Waals surface area contributed by atoms with Crippen molar-refractivity contribution in [3.05, 3.63) is 37.9 Å². The molecule has 0 N–H and O–H groups in total. The van der Waals surface area contributed by atoms with Gasteiger partial charge in [0.05, 0.1) is 8.49 Å². The molecule has 0 spiro atoms. The van der Waals surface area contributed by atoms with Crippen LogP contribution in [0.2, 0.25) is 0 Å². The Kier molecular flexibility index (Phi) is 2.21. The lowest BCUT2D eigenvalue weighted by atomic mass is 10.3. The van der Waals surface area contributed by atoms with Crippen molar-refractivity contribution in [1.82, 2.24) is 0 Å². The fourth-order valence-electron chi connectivity index (χ4n) is 0.550. The van der Waals surface area contributed by atoms with Crippen LogP contribution >= 0.6 is 22.6 Å². The van der Waals surface area contributed by atoms with Gasteiger partial charge in [0, 0.05) is 6.07 Å². The summed E-state index contributed by atoms with van der Waals surface area (Å²) in [5.41, 5.74) is 0.138. The zero-order valence-electron chi connectivity index (χ0n) is 4.87. The fraction of sp³-hybridized carbons (Fsp3) is 0. The van der Waals surface area contributed by atoms with E-state index in [1.807, 2.05) is 22.6 Å². The summed E-state index contributed by atoms with van der Waals surface area (Å²) in [6, 6.07) is 7.29. The molecule has 0 saturated carbocycles. The van der Waals surface area contributed by atoms with Crippen LogP contribution in [0.5, 0.6) is 0 Å². The van der Waals surface area contributed by atoms with Gasteiger partial charge in [-0.2, -0.15) is 0 Å². The van der Waals surface area contributed by atoms with Gasteiger partial charge in [0.15, 0.2) is 0 Å². The topological polar surface area (TPSA) is 43.1 Å². The first kappa shape index (κ1) is 7.46. The summed E-state index contributed by atoms with van der Waals surface area (Å²) in [6.07, 6.45) is 0. The van der Waals surface area contributed by atoms with Crippen molar-refractivity contribution in [1.29, 1.82) is 0 Å². The molecule has 4 heteroatoms. The molecule has 0 atom stereocenters. The van der Waals surface area contributed by atoms with Crippen LogP contribution in [0.1, 0.15) is 0 Å². The molecule has 1 aromatic rings. The number of hydrogen-bond acceptors (Lipinski definition) is 2. The molecular weight excluding hydrogens is 245 g/mol. The third-order valence-electron chi connectivity index (χ3n) is 0.989. The van der Waals surface area contributed by atoms with Crippen LogP contribution in [0.3, 0.4) is 0 Å². The summed E-state index contributed by atoms with van der Waals surface area (Å²) in [5, 5.41) is 10.2. The summed E-state index contributed by atoms with van der Waals surface area (Å²) in [4.78, 5) is 9.80. The summed E-state index contributed by atoms with van der Waals surface area (Å²) >= 11 is 1.90. The molecule has 0 saturated heterocycles. The van der Waals surface area contributed by atoms with Gasteiger partial charge < -0.3 is 0 Å². The molecule has 51 valence electrons. The number of nitro benzene ring substituents is 1. The van der Waals surface area contributed by atoms with Gasteiger partial charge in [-0.05, 0) is 40.8 Å². The predicted molar refractivity (Wildman–Crippen MR) is 44.6 cm³/mol. The molecule has 0 aromatic heterocycles. The van der Waals surface area contributed by atoms with Crippen molar-refractivity contribution in [3.63, 3.8) is 0 Å². The molecule has 0 heterocycles. The van der Waals surface area contributed by atoms with Crippen LogP contribution in [0.4, 0.5) is 5.69 Å². The molecule has 0 aliphatic heterocycles. The van der Waals surface area contributed by atoms with E-state index in [9.17, 15) is 10.1 Å². The highest BCUT2D eigenvalue weighted by Crippen LogP contribution is 2.18. The lowest BCUT2D eigenvalue weighted by Gasteiger charge is -1.90. The fourth-order valence-corrected chi connectivity index (χ4v) is 1.11. The van der Waals surface area contributed by atoms with E-state index in [4.69, 9.17) is 0 Å². The minimum atomic E-state index is -0.407. The first-order valence-corrected chi connectivity index (χ1v) is 3.59. The standard InChI is InChI=1S/C6H3INO2/c7-5-3-1-2-4-6(5)8(9)10/h2-4H. The third kappa shape index (κ3) is 1.44. The largest absolute Gasteiger partial charge is 0.282 e. The van der Waals surface area contributed by atoms with Crippen LogP contribution in [-0.2, 0) is 0 Å². The maximum atomic E-state index is 10.2. The van der Waals surface area contributed by atoms with Gasteiger partial charge in [0.25, 0.3) is 5.69 Å². The van der Waals surface area contributed by atoms with E-state index in [2.05, 4.69) is 6.07 Å². The van der Waals surface area contributed by atoms with Crippen molar-refractivity contribution in [2.24, 2.45) is 0 Å². The molecule has 1 aromatic carbocycles. The van der Waals surface area contributed by atoms with Crippen molar-refractivity contribution in [2.45, 2.75) is 0 Å². The second kappa shape index (κ2) is 2.96. The van der Waals surface area contributed by atoms with E-state index < -0.39 is 4.92 Å². The van der Waals surface area contributed by atoms with Crippen molar-refractivity contribution >= 4 is 28.3 Å². The zero-order chi connectivity index (χ0) is 7.56. The average molecular weight is 248 g/mol. The number of nitro groups is 1. The Bertz CT molecular complexity index is 262. The molecule has 10 heavy (non-hydrogen) atoms. The maximum Gasteiger partial charge on any atom is 0.282 e. The Morgan fingerprint density at radius 1 is 1.70 bits per heavy atom. The van der Waals surface area contributed by atoms with E-state index in [1.165, 1.54) is 12.1 Å². The highest BCUT2D eigenvalue weighted by atomic mass is 127. The lowest BCUT2D eigenvalue weighted by Crippen LogP contribution is -1.89. The molecule has 3 nitrogen and oxygen atoms in total. The van der Waals surface area contributed by atoms with Crippen molar-refractivity contribution in [3.8, 4) is 0 Å². The van der Waals surface area contributed by atoms with Crippen LogP contribution in [0.25, 0.3) is 0 Å². The summed E-state index contributed by atoms with van der Waals surface area (Å²) < 4.78 is 0.616. The molecule has 1 rings (SSSR count). The Hall–Kier alpha value is -0.650. The molecule has 0 unspecified atom stereocenters. The second-order valence-electron chi connectivity index (χ2n) is 1.63. The Morgan fingerprint density at radius 2 is 2.40 bits per heavy atom. The molecule has 0 amide bonds. The highest BCUT2D eigenvalue weighted by molar-refractivity contribution is 14.1. The quantitative estimate of drug-likeness (QED) is 0.433.